The molecular weight excluding hydrogens is 176 g/mol. The molecule has 0 aliphatic rings. The van der Waals surface area contributed by atoms with Crippen LogP contribution in [-0.2, 0) is 0 Å². The third-order valence-electron chi connectivity index (χ3n) is 0.621. The minimum absolute atomic E-state index is 0.216. The smallest absolute Gasteiger partial charge is 0.190 e. The summed E-state index contributed by atoms with van der Waals surface area (Å²) in [6.45, 7) is 7.95. The molecule has 0 saturated heterocycles. The van der Waals surface area contributed by atoms with E-state index in [1.54, 1.807) is 11.8 Å². The number of hydrogen-bond acceptors (Lipinski definition) is 2. The van der Waals surface area contributed by atoms with Gasteiger partial charge in [-0.25, -0.2) is 4.99 Å². The zero-order chi connectivity index (χ0) is 9.28. The van der Waals surface area contributed by atoms with Gasteiger partial charge in [0.05, 0.1) is 5.04 Å². The molecule has 0 amide bonds. The molecular formula is C7H16N2S2. The highest BCUT2D eigenvalue weighted by Crippen LogP contribution is 2.01. The molecule has 0 saturated carbocycles. The van der Waals surface area contributed by atoms with Gasteiger partial charge in [-0.2, -0.15) is 0 Å². The van der Waals surface area contributed by atoms with E-state index in [0.717, 1.165) is 10.8 Å². The van der Waals surface area contributed by atoms with E-state index in [4.69, 9.17) is 5.73 Å². The highest BCUT2D eigenvalue weighted by molar-refractivity contribution is 8.13. The molecule has 0 aromatic rings. The van der Waals surface area contributed by atoms with E-state index in [-0.39, 0.29) is 5.11 Å². The van der Waals surface area contributed by atoms with E-state index in [9.17, 15) is 0 Å². The maximum absolute atomic E-state index is 5.15. The summed E-state index contributed by atoms with van der Waals surface area (Å²) in [6, 6.07) is 0. The highest BCUT2D eigenvalue weighted by atomic mass is 32.2. The van der Waals surface area contributed by atoms with Crippen LogP contribution < -0.4 is 5.73 Å². The van der Waals surface area contributed by atoms with Crippen molar-refractivity contribution in [2.45, 2.75) is 27.7 Å². The number of thiocarbonyl (C=S) groups is 1. The molecule has 66 valence electrons. The average molecular weight is 192 g/mol. The lowest BCUT2D eigenvalue weighted by atomic mass is 10.8. The minimum Gasteiger partial charge on any atom is -0.374 e. The van der Waals surface area contributed by atoms with Crippen LogP contribution in [0, 0.1) is 0 Å². The molecule has 0 unspecified atom stereocenters. The molecule has 0 radical (unpaired) electrons. The van der Waals surface area contributed by atoms with Gasteiger partial charge in [-0.15, -0.1) is 11.8 Å². The van der Waals surface area contributed by atoms with Crippen LogP contribution in [0.2, 0.25) is 0 Å². The van der Waals surface area contributed by atoms with E-state index < -0.39 is 0 Å². The molecule has 0 aliphatic heterocycles. The molecule has 0 spiro atoms. The van der Waals surface area contributed by atoms with Crippen molar-refractivity contribution < 1.29 is 0 Å². The van der Waals surface area contributed by atoms with Crippen LogP contribution in [0.3, 0.4) is 0 Å². The van der Waals surface area contributed by atoms with Gasteiger partial charge in [0.2, 0.25) is 0 Å². The molecule has 0 heterocycles. The van der Waals surface area contributed by atoms with Crippen molar-refractivity contribution in [2.24, 2.45) is 10.7 Å². The number of thioether (sulfide) groups is 1. The fourth-order valence-corrected chi connectivity index (χ4v) is 1.17. The second kappa shape index (κ2) is 9.91. The van der Waals surface area contributed by atoms with Gasteiger partial charge in [-0.05, 0) is 24.9 Å². The first-order valence-corrected chi connectivity index (χ1v) is 5.03. The summed E-state index contributed by atoms with van der Waals surface area (Å²) in [5.74, 6) is 1.01. The molecule has 0 fully saturated rings. The van der Waals surface area contributed by atoms with Gasteiger partial charge in [-0.1, -0.05) is 20.8 Å². The first-order chi connectivity index (χ1) is 5.16. The van der Waals surface area contributed by atoms with Crippen LogP contribution in [0.25, 0.3) is 0 Å². The third-order valence-corrected chi connectivity index (χ3v) is 1.51. The van der Waals surface area contributed by atoms with Gasteiger partial charge >= 0.3 is 0 Å². The topological polar surface area (TPSA) is 38.4 Å². The van der Waals surface area contributed by atoms with Crippen LogP contribution >= 0.6 is 24.0 Å². The summed E-state index contributed by atoms with van der Waals surface area (Å²) in [6.07, 6.45) is 0. The van der Waals surface area contributed by atoms with E-state index in [2.05, 4.69) is 24.1 Å². The summed E-state index contributed by atoms with van der Waals surface area (Å²) in [5, 5.41) is 1.15. The van der Waals surface area contributed by atoms with Gasteiger partial charge in [0.1, 0.15) is 0 Å². The van der Waals surface area contributed by atoms with E-state index >= 15 is 0 Å². The molecule has 2 nitrogen and oxygen atoms in total. The number of rotatable bonds is 1. The minimum atomic E-state index is 0.216. The largest absolute Gasteiger partial charge is 0.374 e. The van der Waals surface area contributed by atoms with Gasteiger partial charge < -0.3 is 5.73 Å². The van der Waals surface area contributed by atoms with Gasteiger partial charge in [-0.3, -0.25) is 0 Å². The average Bonchev–Trinajstić information content (AvgIpc) is 1.91. The Morgan fingerprint density at radius 2 is 2.00 bits per heavy atom. The Morgan fingerprint density at radius 3 is 2.27 bits per heavy atom. The van der Waals surface area contributed by atoms with Crippen LogP contribution in [0.5, 0.6) is 0 Å². The van der Waals surface area contributed by atoms with E-state index in [0.29, 0.717) is 0 Å². The number of nitrogens with zero attached hydrogens (tertiary/aromatic N) is 1. The molecule has 0 bridgehead atoms. The van der Waals surface area contributed by atoms with Crippen LogP contribution in [0.15, 0.2) is 4.99 Å². The molecule has 0 aromatic carbocycles. The van der Waals surface area contributed by atoms with Crippen LogP contribution in [0.1, 0.15) is 27.7 Å². The normalized spacial score (nSPS) is 10.0. The highest BCUT2D eigenvalue weighted by Gasteiger charge is 1.88. The quantitative estimate of drug-likeness (QED) is 0.394. The molecule has 4 heteroatoms. The van der Waals surface area contributed by atoms with Crippen molar-refractivity contribution in [1.29, 1.82) is 0 Å². The monoisotopic (exact) mass is 192 g/mol. The predicted molar refractivity (Wildman–Crippen MR) is 59.4 cm³/mol. The second-order valence-electron chi connectivity index (χ2n) is 1.40. The van der Waals surface area contributed by atoms with Gasteiger partial charge in [0.25, 0.3) is 0 Å². The molecule has 0 rings (SSSR count). The fraction of sp³-hybridized carbons (Fsp3) is 0.714. The third kappa shape index (κ3) is 13.0. The van der Waals surface area contributed by atoms with Crippen LogP contribution in [0.4, 0.5) is 0 Å². The number of hydrogen-bond donors (Lipinski definition) is 1. The molecule has 0 aromatic heterocycles. The van der Waals surface area contributed by atoms with Gasteiger partial charge in [0, 0.05) is 0 Å². The second-order valence-corrected chi connectivity index (χ2v) is 3.28. The Kier molecular flexibility index (Phi) is 12.2. The van der Waals surface area contributed by atoms with E-state index in [1.165, 1.54) is 0 Å². The Bertz CT molecular complexity index is 132. The Labute approximate surface area is 78.7 Å². The van der Waals surface area contributed by atoms with Crippen molar-refractivity contribution in [3.63, 3.8) is 0 Å². The first-order valence-electron chi connectivity index (χ1n) is 3.64. The zero-order valence-corrected chi connectivity index (χ0v) is 9.18. The summed E-state index contributed by atoms with van der Waals surface area (Å²) in [4.78, 5) is 3.86. The lowest BCUT2D eigenvalue weighted by molar-refractivity contribution is 1.50. The lowest BCUT2D eigenvalue weighted by Gasteiger charge is -1.93. The Morgan fingerprint density at radius 1 is 1.55 bits per heavy atom. The Hall–Kier alpha value is -0.0900. The van der Waals surface area contributed by atoms with Crippen LogP contribution in [-0.4, -0.2) is 15.9 Å². The van der Waals surface area contributed by atoms with Gasteiger partial charge in [0.15, 0.2) is 5.11 Å². The number of nitrogens with two attached hydrogens (primary N) is 1. The molecule has 11 heavy (non-hydrogen) atoms. The first kappa shape index (κ1) is 13.5. The maximum atomic E-state index is 5.15. The summed E-state index contributed by atoms with van der Waals surface area (Å²) < 4.78 is 0. The van der Waals surface area contributed by atoms with Crippen molar-refractivity contribution in [1.82, 2.24) is 0 Å². The molecule has 2 N–H and O–H groups in total. The maximum Gasteiger partial charge on any atom is 0.190 e. The summed E-state index contributed by atoms with van der Waals surface area (Å²) in [5.41, 5.74) is 5.15. The SMILES string of the molecule is CC.CCS/C(C)=N\C(N)=S. The predicted octanol–water partition coefficient (Wildman–Crippen LogP) is 2.43. The Balaban J connectivity index is 0. The molecule has 0 atom stereocenters. The van der Waals surface area contributed by atoms with E-state index in [1.807, 2.05) is 20.8 Å². The van der Waals surface area contributed by atoms with Crippen molar-refractivity contribution >= 4 is 34.1 Å². The van der Waals surface area contributed by atoms with Crippen molar-refractivity contribution in [2.75, 3.05) is 5.75 Å². The standard InChI is InChI=1S/C5H10N2S2.C2H6/c1-3-9-4(2)7-5(6)8;1-2/h3H2,1-2H3,(H2,6,8);1-2H3/b7-4-;. The molecule has 0 aliphatic carbocycles. The van der Waals surface area contributed by atoms with Crippen molar-refractivity contribution in [3.05, 3.63) is 0 Å². The number of aliphatic imine (C=N–C) groups is 1. The zero-order valence-electron chi connectivity index (χ0n) is 7.55. The van der Waals surface area contributed by atoms with Crippen molar-refractivity contribution in [3.8, 4) is 0 Å². The summed E-state index contributed by atoms with van der Waals surface area (Å²) >= 11 is 6.20. The fourth-order valence-electron chi connectivity index (χ4n) is 0.396. The summed E-state index contributed by atoms with van der Waals surface area (Å²) in [7, 11) is 0. The lowest BCUT2D eigenvalue weighted by Crippen LogP contribution is -2.05.